The van der Waals surface area contributed by atoms with E-state index in [4.69, 9.17) is 14.2 Å². The molecule has 0 bridgehead atoms. The van der Waals surface area contributed by atoms with Gasteiger partial charge in [-0.3, -0.25) is 4.90 Å². The van der Waals surface area contributed by atoms with E-state index in [1.54, 1.807) is 12.4 Å². The van der Waals surface area contributed by atoms with Crippen LogP contribution in [0, 0.1) is 0 Å². The summed E-state index contributed by atoms with van der Waals surface area (Å²) in [5.41, 5.74) is 3.08. The van der Waals surface area contributed by atoms with E-state index >= 15 is 0 Å². The van der Waals surface area contributed by atoms with Gasteiger partial charge in [-0.25, -0.2) is 9.78 Å². The predicted molar refractivity (Wildman–Crippen MR) is 113 cm³/mol. The highest BCUT2D eigenvalue weighted by molar-refractivity contribution is 6.04. The van der Waals surface area contributed by atoms with Gasteiger partial charge in [0.25, 0.3) is 0 Å². The predicted octanol–water partition coefficient (Wildman–Crippen LogP) is 3.15. The van der Waals surface area contributed by atoms with E-state index in [0.717, 1.165) is 55.1 Å². The highest BCUT2D eigenvalue weighted by Crippen LogP contribution is 2.26. The first-order valence-electron chi connectivity index (χ1n) is 9.33. The van der Waals surface area contributed by atoms with Crippen LogP contribution >= 0.6 is 12.4 Å². The lowest BCUT2D eigenvalue weighted by atomic mass is 10.1. The number of rotatable bonds is 6. The number of hydrogen-bond donors (Lipinski definition) is 1. The molecule has 0 radical (unpaired) electrons. The molecule has 3 aromatic rings. The van der Waals surface area contributed by atoms with E-state index < -0.39 is 0 Å². The minimum absolute atomic E-state index is 0. The highest BCUT2D eigenvalue weighted by Gasteiger charge is 2.14. The number of pyridine rings is 1. The Bertz CT molecular complexity index is 952. The lowest BCUT2D eigenvalue weighted by molar-refractivity contribution is 0.0322. The number of morpholine rings is 1. The molecule has 7 nitrogen and oxygen atoms in total. The normalized spacial score (nSPS) is 14.4. The molecule has 1 aromatic carbocycles. The van der Waals surface area contributed by atoms with Gasteiger partial charge < -0.3 is 19.2 Å². The van der Waals surface area contributed by atoms with Gasteiger partial charge >= 0.3 is 5.97 Å². The fourth-order valence-corrected chi connectivity index (χ4v) is 3.30. The number of nitrogens with zero attached hydrogens (tertiary/aromatic N) is 2. The van der Waals surface area contributed by atoms with Gasteiger partial charge in [-0.1, -0.05) is 12.1 Å². The van der Waals surface area contributed by atoms with Crippen molar-refractivity contribution in [1.82, 2.24) is 14.9 Å². The van der Waals surface area contributed by atoms with Gasteiger partial charge in [0.2, 0.25) is 0 Å². The van der Waals surface area contributed by atoms with Gasteiger partial charge in [-0.2, -0.15) is 0 Å². The van der Waals surface area contributed by atoms with Gasteiger partial charge in [0.05, 0.1) is 25.9 Å². The van der Waals surface area contributed by atoms with E-state index in [0.29, 0.717) is 17.8 Å². The number of carbonyl (C=O) groups excluding carboxylic acids is 1. The number of carbonyl (C=O) groups is 1. The molecule has 3 heterocycles. The summed E-state index contributed by atoms with van der Waals surface area (Å²) in [6, 6.07) is 9.85. The number of nitrogens with one attached hydrogen (secondary N) is 1. The Morgan fingerprint density at radius 2 is 1.97 bits per heavy atom. The first-order valence-corrected chi connectivity index (χ1v) is 9.33. The SMILES string of the molecule is COC(=O)c1c[nH]c2ncc(-c3ccc(OCCN4CCOCC4)cc3)cc12.Cl. The van der Waals surface area contributed by atoms with E-state index in [1.165, 1.54) is 7.11 Å². The summed E-state index contributed by atoms with van der Waals surface area (Å²) < 4.78 is 16.0. The molecule has 1 aliphatic rings. The number of methoxy groups -OCH3 is 1. The standard InChI is InChI=1S/C21H23N3O4.ClH/c1-26-21(25)19-14-23-20-18(19)12-16(13-22-20)15-2-4-17(5-3-15)28-11-8-24-6-9-27-10-7-24;/h2-5,12-14H,6-11H2,1H3,(H,22,23);1H. The van der Waals surface area contributed by atoms with Crippen molar-refractivity contribution < 1.29 is 19.0 Å². The van der Waals surface area contributed by atoms with Crippen molar-refractivity contribution in [2.45, 2.75) is 0 Å². The van der Waals surface area contributed by atoms with Crippen LogP contribution in [0.15, 0.2) is 42.7 Å². The number of fused-ring (bicyclic) bond motifs is 1. The Morgan fingerprint density at radius 3 is 2.69 bits per heavy atom. The number of H-pyrrole nitrogens is 1. The van der Waals surface area contributed by atoms with Gasteiger partial charge in [-0.05, 0) is 23.8 Å². The zero-order valence-electron chi connectivity index (χ0n) is 16.2. The molecule has 1 saturated heterocycles. The van der Waals surface area contributed by atoms with Crippen molar-refractivity contribution in [2.75, 3.05) is 46.6 Å². The lowest BCUT2D eigenvalue weighted by Crippen LogP contribution is -2.38. The lowest BCUT2D eigenvalue weighted by Gasteiger charge is -2.26. The van der Waals surface area contributed by atoms with Gasteiger partial charge in [0, 0.05) is 43.0 Å². The van der Waals surface area contributed by atoms with Crippen LogP contribution in [0.5, 0.6) is 5.75 Å². The molecule has 0 aliphatic carbocycles. The fraction of sp³-hybridized carbons (Fsp3) is 0.333. The number of ether oxygens (including phenoxy) is 3. The molecular weight excluding hydrogens is 394 g/mol. The number of benzene rings is 1. The van der Waals surface area contributed by atoms with E-state index in [-0.39, 0.29) is 18.4 Å². The monoisotopic (exact) mass is 417 g/mol. The number of halogens is 1. The number of esters is 1. The fourth-order valence-electron chi connectivity index (χ4n) is 3.30. The molecule has 0 amide bonds. The second-order valence-electron chi connectivity index (χ2n) is 6.64. The van der Waals surface area contributed by atoms with E-state index in [1.807, 2.05) is 30.3 Å². The first kappa shape index (κ1) is 21.1. The topological polar surface area (TPSA) is 76.7 Å². The summed E-state index contributed by atoms with van der Waals surface area (Å²) in [7, 11) is 1.37. The van der Waals surface area contributed by atoms with Crippen molar-refractivity contribution in [1.29, 1.82) is 0 Å². The van der Waals surface area contributed by atoms with Gasteiger partial charge in [-0.15, -0.1) is 12.4 Å². The van der Waals surface area contributed by atoms with Crippen LogP contribution in [0.1, 0.15) is 10.4 Å². The molecule has 0 unspecified atom stereocenters. The van der Waals surface area contributed by atoms with Crippen molar-refractivity contribution in [3.05, 3.63) is 48.3 Å². The van der Waals surface area contributed by atoms with Crippen LogP contribution in [-0.2, 0) is 9.47 Å². The maximum Gasteiger partial charge on any atom is 0.340 e. The molecular formula is C21H24ClN3O4. The zero-order chi connectivity index (χ0) is 19.3. The van der Waals surface area contributed by atoms with Crippen LogP contribution in [0.25, 0.3) is 22.2 Å². The number of hydrogen-bond acceptors (Lipinski definition) is 6. The summed E-state index contributed by atoms with van der Waals surface area (Å²) >= 11 is 0. The molecule has 0 atom stereocenters. The minimum Gasteiger partial charge on any atom is -0.492 e. The maximum absolute atomic E-state index is 11.9. The summed E-state index contributed by atoms with van der Waals surface area (Å²) in [5.74, 6) is 0.456. The Hall–Kier alpha value is -2.61. The average molecular weight is 418 g/mol. The molecule has 1 fully saturated rings. The molecule has 0 saturated carbocycles. The van der Waals surface area contributed by atoms with Crippen LogP contribution in [0.3, 0.4) is 0 Å². The Balaban J connectivity index is 0.00000240. The molecule has 8 heteroatoms. The van der Waals surface area contributed by atoms with Crippen LogP contribution < -0.4 is 4.74 Å². The third-order valence-electron chi connectivity index (χ3n) is 4.90. The minimum atomic E-state index is -0.380. The quantitative estimate of drug-likeness (QED) is 0.621. The van der Waals surface area contributed by atoms with Gasteiger partial charge in [0.15, 0.2) is 0 Å². The van der Waals surface area contributed by atoms with Crippen LogP contribution in [0.2, 0.25) is 0 Å². The number of aromatic amines is 1. The van der Waals surface area contributed by atoms with Crippen molar-refractivity contribution >= 4 is 29.4 Å². The van der Waals surface area contributed by atoms with Crippen molar-refractivity contribution in [3.63, 3.8) is 0 Å². The average Bonchev–Trinajstić information content (AvgIpc) is 3.18. The maximum atomic E-state index is 11.9. The van der Waals surface area contributed by atoms with E-state index in [9.17, 15) is 4.79 Å². The summed E-state index contributed by atoms with van der Waals surface area (Å²) in [6.07, 6.45) is 3.41. The third kappa shape index (κ3) is 4.87. The molecule has 0 spiro atoms. The molecule has 4 rings (SSSR count). The third-order valence-corrected chi connectivity index (χ3v) is 4.90. The smallest absolute Gasteiger partial charge is 0.340 e. The number of aromatic nitrogens is 2. The zero-order valence-corrected chi connectivity index (χ0v) is 17.0. The summed E-state index contributed by atoms with van der Waals surface area (Å²) in [6.45, 7) is 5.07. The first-order chi connectivity index (χ1) is 13.7. The second-order valence-corrected chi connectivity index (χ2v) is 6.64. The van der Waals surface area contributed by atoms with Crippen molar-refractivity contribution in [2.24, 2.45) is 0 Å². The van der Waals surface area contributed by atoms with E-state index in [2.05, 4.69) is 14.9 Å². The summed E-state index contributed by atoms with van der Waals surface area (Å²) in [4.78, 5) is 21.6. The van der Waals surface area contributed by atoms with Crippen molar-refractivity contribution in [3.8, 4) is 16.9 Å². The van der Waals surface area contributed by atoms with Crippen LogP contribution in [0.4, 0.5) is 0 Å². The van der Waals surface area contributed by atoms with Gasteiger partial charge in [0.1, 0.15) is 18.0 Å². The Labute approximate surface area is 175 Å². The molecule has 154 valence electrons. The Kier molecular flexibility index (Phi) is 7.09. The summed E-state index contributed by atoms with van der Waals surface area (Å²) in [5, 5.41) is 0.746. The molecule has 1 aliphatic heterocycles. The van der Waals surface area contributed by atoms with Crippen LogP contribution in [-0.4, -0.2) is 67.4 Å². The molecule has 2 aromatic heterocycles. The molecule has 29 heavy (non-hydrogen) atoms. The largest absolute Gasteiger partial charge is 0.492 e. The Morgan fingerprint density at radius 1 is 1.21 bits per heavy atom. The molecule has 1 N–H and O–H groups in total. The second kappa shape index (κ2) is 9.73. The highest BCUT2D eigenvalue weighted by atomic mass is 35.5.